The highest BCUT2D eigenvalue weighted by molar-refractivity contribution is 7.86. The maximum atomic E-state index is 12.1. The predicted octanol–water partition coefficient (Wildman–Crippen LogP) is 1.99. The van der Waals surface area contributed by atoms with E-state index in [4.69, 9.17) is 9.69 Å². The quantitative estimate of drug-likeness (QED) is 0.838. The van der Waals surface area contributed by atoms with Crippen molar-refractivity contribution in [2.45, 2.75) is 29.9 Å². The molecule has 1 aromatic rings. The number of nitrogens with zero attached hydrogens (tertiary/aromatic N) is 1. The van der Waals surface area contributed by atoms with Gasteiger partial charge in [-0.25, -0.2) is 5.06 Å². The van der Waals surface area contributed by atoms with Crippen molar-refractivity contribution in [2.75, 3.05) is 6.54 Å². The molecule has 7 heteroatoms. The normalized spacial score (nSPS) is 20.6. The molecule has 1 aliphatic rings. The lowest BCUT2D eigenvalue weighted by Gasteiger charge is -2.30. The molecule has 1 unspecified atom stereocenters. The van der Waals surface area contributed by atoms with Gasteiger partial charge in [-0.2, -0.15) is 21.0 Å². The molecular weight excluding hydrogens is 284 g/mol. The van der Waals surface area contributed by atoms with Crippen LogP contribution in [-0.4, -0.2) is 31.1 Å². The van der Waals surface area contributed by atoms with Crippen molar-refractivity contribution >= 4 is 28.6 Å². The second-order valence-electron chi connectivity index (χ2n) is 4.49. The molecule has 2 rings (SSSR count). The molecule has 1 heterocycles. The maximum Gasteiger partial charge on any atom is 0.317 e. The van der Waals surface area contributed by atoms with Gasteiger partial charge in [0.1, 0.15) is 5.84 Å². The fourth-order valence-corrected chi connectivity index (χ4v) is 3.05. The van der Waals surface area contributed by atoms with Gasteiger partial charge in [0.25, 0.3) is 0 Å². The molecule has 0 amide bonds. The second kappa shape index (κ2) is 5.52. The van der Waals surface area contributed by atoms with Gasteiger partial charge in [0, 0.05) is 6.54 Å². The Kier molecular flexibility index (Phi) is 4.17. The minimum Gasteiger partial charge on any atom is -0.286 e. The molecule has 0 radical (unpaired) electrons. The summed E-state index contributed by atoms with van der Waals surface area (Å²) in [5.41, 5.74) is 0.972. The third kappa shape index (κ3) is 3.29. The maximum absolute atomic E-state index is 12.1. The van der Waals surface area contributed by atoms with Crippen LogP contribution in [0.25, 0.3) is 0 Å². The predicted molar refractivity (Wildman–Crippen MR) is 75.9 cm³/mol. The van der Waals surface area contributed by atoms with Crippen molar-refractivity contribution in [3.8, 4) is 0 Å². The Morgan fingerprint density at radius 2 is 2.00 bits per heavy atom. The first-order valence-electron chi connectivity index (χ1n) is 5.95. The first-order chi connectivity index (χ1) is 8.90. The van der Waals surface area contributed by atoms with Crippen LogP contribution < -0.4 is 0 Å². The van der Waals surface area contributed by atoms with E-state index in [9.17, 15) is 8.42 Å². The Balaban J connectivity index is 2.17. The van der Waals surface area contributed by atoms with E-state index in [1.807, 2.05) is 6.92 Å². The van der Waals surface area contributed by atoms with Crippen molar-refractivity contribution in [2.24, 2.45) is 0 Å². The Morgan fingerprint density at radius 3 is 2.63 bits per heavy atom. The van der Waals surface area contributed by atoms with Crippen LogP contribution in [0.4, 0.5) is 0 Å². The van der Waals surface area contributed by atoms with Gasteiger partial charge in [-0.3, -0.25) is 5.41 Å². The molecule has 1 aliphatic heterocycles. The summed E-state index contributed by atoms with van der Waals surface area (Å²) < 4.78 is 29.2. The van der Waals surface area contributed by atoms with Crippen LogP contribution in [-0.2, 0) is 14.4 Å². The van der Waals surface area contributed by atoms with Crippen molar-refractivity contribution in [3.05, 3.63) is 29.8 Å². The van der Waals surface area contributed by atoms with E-state index >= 15 is 0 Å². The zero-order valence-corrected chi connectivity index (χ0v) is 12.2. The summed E-state index contributed by atoms with van der Waals surface area (Å²) in [6.07, 6.45) is 1.51. The molecule has 19 heavy (non-hydrogen) atoms. The second-order valence-corrected chi connectivity index (χ2v) is 6.64. The number of hydrogen-bond acceptors (Lipinski definition) is 5. The average Bonchev–Trinajstić information content (AvgIpc) is 2.35. The Morgan fingerprint density at radius 1 is 1.37 bits per heavy atom. The molecule has 104 valence electrons. The molecule has 1 atom stereocenters. The standard InChI is InChI=1S/C12H16N2O3S2/c1-9-4-6-10(7-5-9)19(15,16)17-14-8-2-3-11(18)12(14)13/h4-7,11,13,18H,2-3,8H2,1H3. The lowest BCUT2D eigenvalue weighted by atomic mass is 10.1. The van der Waals surface area contributed by atoms with E-state index in [0.717, 1.165) is 23.5 Å². The molecule has 0 saturated carbocycles. The van der Waals surface area contributed by atoms with Crippen molar-refractivity contribution in [1.29, 1.82) is 5.41 Å². The molecule has 1 fully saturated rings. The molecule has 1 saturated heterocycles. The minimum atomic E-state index is -3.88. The molecule has 1 N–H and O–H groups in total. The number of piperidine rings is 1. The van der Waals surface area contributed by atoms with E-state index in [2.05, 4.69) is 12.6 Å². The zero-order valence-electron chi connectivity index (χ0n) is 10.5. The Bertz CT molecular complexity index is 569. The number of rotatable bonds is 3. The van der Waals surface area contributed by atoms with E-state index < -0.39 is 10.1 Å². The van der Waals surface area contributed by atoms with Crippen LogP contribution in [0, 0.1) is 12.3 Å². The van der Waals surface area contributed by atoms with E-state index in [0.29, 0.717) is 6.54 Å². The van der Waals surface area contributed by atoms with Crippen molar-refractivity contribution < 1.29 is 12.7 Å². The molecule has 5 nitrogen and oxygen atoms in total. The first-order valence-corrected chi connectivity index (χ1v) is 7.88. The van der Waals surface area contributed by atoms with Gasteiger partial charge in [-0.1, -0.05) is 17.7 Å². The highest BCUT2D eigenvalue weighted by Crippen LogP contribution is 2.21. The summed E-state index contributed by atoms with van der Waals surface area (Å²) in [5, 5.41) is 8.62. The Hall–Kier alpha value is -1.05. The molecule has 0 bridgehead atoms. The van der Waals surface area contributed by atoms with Gasteiger partial charge in [0.2, 0.25) is 0 Å². The monoisotopic (exact) mass is 300 g/mol. The van der Waals surface area contributed by atoms with Crippen LogP contribution in [0.1, 0.15) is 18.4 Å². The van der Waals surface area contributed by atoms with Gasteiger partial charge in [-0.05, 0) is 31.9 Å². The SMILES string of the molecule is Cc1ccc(S(=O)(=O)ON2CCCC(S)C2=N)cc1. The van der Waals surface area contributed by atoms with E-state index in [1.165, 1.54) is 12.1 Å². The number of thiol groups is 1. The number of hydrogen-bond donors (Lipinski definition) is 2. The lowest BCUT2D eigenvalue weighted by Crippen LogP contribution is -2.42. The number of benzene rings is 1. The van der Waals surface area contributed by atoms with Gasteiger partial charge in [-0.15, -0.1) is 4.28 Å². The molecule has 0 spiro atoms. The van der Waals surface area contributed by atoms with Crippen LogP contribution >= 0.6 is 12.6 Å². The number of hydroxylamine groups is 2. The van der Waals surface area contributed by atoms with Crippen LogP contribution in [0.3, 0.4) is 0 Å². The molecule has 1 aromatic carbocycles. The van der Waals surface area contributed by atoms with Gasteiger partial charge in [0.05, 0.1) is 10.1 Å². The van der Waals surface area contributed by atoms with Gasteiger partial charge < -0.3 is 0 Å². The van der Waals surface area contributed by atoms with Gasteiger partial charge in [0.15, 0.2) is 0 Å². The number of amidine groups is 1. The first kappa shape index (κ1) is 14.4. The fraction of sp³-hybridized carbons (Fsp3) is 0.417. The van der Waals surface area contributed by atoms with Gasteiger partial charge >= 0.3 is 10.1 Å². The number of nitrogens with one attached hydrogen (secondary N) is 1. The molecular formula is C12H16N2O3S2. The fourth-order valence-electron chi connectivity index (χ4n) is 1.80. The summed E-state index contributed by atoms with van der Waals surface area (Å²) in [6, 6.07) is 6.41. The van der Waals surface area contributed by atoms with Crippen LogP contribution in [0.5, 0.6) is 0 Å². The summed E-state index contributed by atoms with van der Waals surface area (Å²) >= 11 is 4.22. The summed E-state index contributed by atoms with van der Waals surface area (Å²) in [6.45, 7) is 2.27. The highest BCUT2D eigenvalue weighted by Gasteiger charge is 2.28. The average molecular weight is 300 g/mol. The molecule has 0 aliphatic carbocycles. The van der Waals surface area contributed by atoms with E-state index in [1.54, 1.807) is 12.1 Å². The third-order valence-corrected chi connectivity index (χ3v) is 4.65. The number of aryl methyl sites for hydroxylation is 1. The largest absolute Gasteiger partial charge is 0.317 e. The van der Waals surface area contributed by atoms with E-state index in [-0.39, 0.29) is 16.0 Å². The minimum absolute atomic E-state index is 0.0882. The topological polar surface area (TPSA) is 70.5 Å². The highest BCUT2D eigenvalue weighted by atomic mass is 32.2. The van der Waals surface area contributed by atoms with Crippen molar-refractivity contribution in [1.82, 2.24) is 5.06 Å². The smallest absolute Gasteiger partial charge is 0.286 e. The third-order valence-electron chi connectivity index (χ3n) is 2.92. The summed E-state index contributed by atoms with van der Waals surface area (Å²) in [7, 11) is -3.88. The molecule has 0 aromatic heterocycles. The summed E-state index contributed by atoms with van der Waals surface area (Å²) in [4.78, 5) is 0.0900. The Labute approximate surface area is 118 Å². The zero-order chi connectivity index (χ0) is 14.0. The van der Waals surface area contributed by atoms with Crippen LogP contribution in [0.2, 0.25) is 0 Å². The lowest BCUT2D eigenvalue weighted by molar-refractivity contribution is 0.0156. The summed E-state index contributed by atoms with van der Waals surface area (Å²) in [5.74, 6) is 0.0882. The van der Waals surface area contributed by atoms with Crippen LogP contribution in [0.15, 0.2) is 29.2 Å². The van der Waals surface area contributed by atoms with Crippen molar-refractivity contribution in [3.63, 3.8) is 0 Å².